The van der Waals surface area contributed by atoms with Crippen LogP contribution in [0.2, 0.25) is 0 Å². The molecule has 0 unspecified atom stereocenters. The van der Waals surface area contributed by atoms with Crippen molar-refractivity contribution in [3.63, 3.8) is 0 Å². The Hall–Kier alpha value is -2.38. The summed E-state index contributed by atoms with van der Waals surface area (Å²) in [5.74, 6) is 1.16. The summed E-state index contributed by atoms with van der Waals surface area (Å²) in [5, 5.41) is 0. The van der Waals surface area contributed by atoms with Crippen LogP contribution >= 0.6 is 0 Å². The summed E-state index contributed by atoms with van der Waals surface area (Å²) in [5.41, 5.74) is 3.29. The molecular formula is C22H28N4O2S. The van der Waals surface area contributed by atoms with Crippen LogP contribution < -0.4 is 4.90 Å². The van der Waals surface area contributed by atoms with Crippen molar-refractivity contribution in [1.82, 2.24) is 13.9 Å². The molecule has 0 radical (unpaired) electrons. The second-order valence-corrected chi connectivity index (χ2v) is 9.62. The van der Waals surface area contributed by atoms with Crippen molar-refractivity contribution >= 4 is 27.0 Å². The van der Waals surface area contributed by atoms with Gasteiger partial charge in [0.1, 0.15) is 0 Å². The second-order valence-electron chi connectivity index (χ2n) is 7.53. The molecule has 0 spiro atoms. The maximum Gasteiger partial charge on any atom is 0.214 e. The molecule has 0 aliphatic carbocycles. The Morgan fingerprint density at radius 3 is 2.34 bits per heavy atom. The van der Waals surface area contributed by atoms with E-state index in [1.807, 2.05) is 43.3 Å². The quantitative estimate of drug-likeness (QED) is 0.597. The summed E-state index contributed by atoms with van der Waals surface area (Å²) < 4.78 is 28.9. The molecule has 1 saturated heterocycles. The molecular weight excluding hydrogens is 384 g/mol. The van der Waals surface area contributed by atoms with Gasteiger partial charge in [-0.15, -0.1) is 0 Å². The summed E-state index contributed by atoms with van der Waals surface area (Å²) in [6.07, 6.45) is 1.61. The van der Waals surface area contributed by atoms with Gasteiger partial charge >= 0.3 is 0 Å². The lowest BCUT2D eigenvalue weighted by Crippen LogP contribution is -2.50. The lowest BCUT2D eigenvalue weighted by molar-refractivity contribution is 0.380. The van der Waals surface area contributed by atoms with E-state index in [0.29, 0.717) is 26.2 Å². The zero-order chi connectivity index (χ0) is 20.3. The number of fused-ring (bicyclic) bond motifs is 1. The molecule has 1 aliphatic rings. The van der Waals surface area contributed by atoms with Crippen molar-refractivity contribution in [2.45, 2.75) is 26.3 Å². The first-order valence-corrected chi connectivity index (χ1v) is 11.9. The first-order valence-electron chi connectivity index (χ1n) is 10.3. The fraction of sp³-hybridized carbons (Fsp3) is 0.409. The standard InChI is InChI=1S/C22H28N4O2S/c1-2-3-17-29(27,28)25-15-13-24(14-16-25)22-23-20-11-7-8-12-21(20)26(22)18-19-9-5-4-6-10-19/h4-12H,2-3,13-18H2,1H3. The highest BCUT2D eigenvalue weighted by atomic mass is 32.2. The fourth-order valence-corrected chi connectivity index (χ4v) is 5.48. The summed E-state index contributed by atoms with van der Waals surface area (Å²) in [4.78, 5) is 7.11. The third kappa shape index (κ3) is 4.31. The monoisotopic (exact) mass is 412 g/mol. The average molecular weight is 413 g/mol. The SMILES string of the molecule is CCCCS(=O)(=O)N1CCN(c2nc3ccccc3n2Cc2ccccc2)CC1. The number of benzene rings is 2. The summed E-state index contributed by atoms with van der Waals surface area (Å²) in [6.45, 7) is 5.10. The molecule has 0 amide bonds. The Kier molecular flexibility index (Phi) is 5.87. The van der Waals surface area contributed by atoms with Crippen LogP contribution in [-0.4, -0.2) is 54.2 Å². The Balaban J connectivity index is 1.58. The van der Waals surface area contributed by atoms with Crippen molar-refractivity contribution < 1.29 is 8.42 Å². The maximum absolute atomic E-state index is 12.5. The molecule has 0 bridgehead atoms. The number of unbranched alkanes of at least 4 members (excludes halogenated alkanes) is 1. The fourth-order valence-electron chi connectivity index (χ4n) is 3.85. The Bertz CT molecular complexity index is 1050. The minimum Gasteiger partial charge on any atom is -0.340 e. The maximum atomic E-state index is 12.5. The van der Waals surface area contributed by atoms with Crippen LogP contribution in [-0.2, 0) is 16.6 Å². The van der Waals surface area contributed by atoms with Gasteiger partial charge in [-0.05, 0) is 24.1 Å². The number of sulfonamides is 1. The van der Waals surface area contributed by atoms with Gasteiger partial charge in [-0.1, -0.05) is 55.8 Å². The van der Waals surface area contributed by atoms with E-state index in [9.17, 15) is 8.42 Å². The van der Waals surface area contributed by atoms with Crippen molar-refractivity contribution in [2.24, 2.45) is 0 Å². The molecule has 2 aromatic carbocycles. The van der Waals surface area contributed by atoms with Gasteiger partial charge in [0.15, 0.2) is 0 Å². The number of rotatable bonds is 7. The Labute approximate surface area is 172 Å². The molecule has 0 saturated carbocycles. The van der Waals surface area contributed by atoms with Crippen LogP contribution in [0.3, 0.4) is 0 Å². The van der Waals surface area contributed by atoms with E-state index < -0.39 is 10.0 Å². The van der Waals surface area contributed by atoms with E-state index in [-0.39, 0.29) is 5.75 Å². The van der Waals surface area contributed by atoms with Crippen molar-refractivity contribution in [1.29, 1.82) is 0 Å². The second kappa shape index (κ2) is 8.55. The third-order valence-corrected chi connectivity index (χ3v) is 7.45. The van der Waals surface area contributed by atoms with Gasteiger partial charge in [0.2, 0.25) is 16.0 Å². The van der Waals surface area contributed by atoms with E-state index in [0.717, 1.165) is 36.4 Å². The topological polar surface area (TPSA) is 58.4 Å². The molecule has 4 rings (SSSR count). The number of para-hydroxylation sites is 2. The molecule has 7 heteroatoms. The van der Waals surface area contributed by atoms with Crippen molar-refractivity contribution in [3.8, 4) is 0 Å². The first-order chi connectivity index (χ1) is 14.1. The molecule has 0 atom stereocenters. The van der Waals surface area contributed by atoms with Crippen LogP contribution in [0, 0.1) is 0 Å². The minimum atomic E-state index is -3.15. The number of aromatic nitrogens is 2. The van der Waals surface area contributed by atoms with Gasteiger partial charge in [0.25, 0.3) is 0 Å². The van der Waals surface area contributed by atoms with Gasteiger partial charge in [0, 0.05) is 26.2 Å². The highest BCUT2D eigenvalue weighted by molar-refractivity contribution is 7.89. The van der Waals surface area contributed by atoms with Crippen molar-refractivity contribution in [2.75, 3.05) is 36.8 Å². The van der Waals surface area contributed by atoms with Gasteiger partial charge in [-0.25, -0.2) is 13.4 Å². The molecule has 3 aromatic rings. The zero-order valence-electron chi connectivity index (χ0n) is 16.9. The van der Waals surface area contributed by atoms with Gasteiger partial charge in [0.05, 0.1) is 23.3 Å². The highest BCUT2D eigenvalue weighted by Gasteiger charge is 2.28. The lowest BCUT2D eigenvalue weighted by atomic mass is 10.2. The number of nitrogens with zero attached hydrogens (tertiary/aromatic N) is 4. The normalized spacial score (nSPS) is 15.8. The zero-order valence-corrected chi connectivity index (χ0v) is 17.7. The number of hydrogen-bond donors (Lipinski definition) is 0. The molecule has 1 aliphatic heterocycles. The number of imidazole rings is 1. The number of hydrogen-bond acceptors (Lipinski definition) is 4. The van der Waals surface area contributed by atoms with E-state index in [4.69, 9.17) is 4.98 Å². The molecule has 2 heterocycles. The smallest absolute Gasteiger partial charge is 0.214 e. The predicted molar refractivity (Wildman–Crippen MR) is 118 cm³/mol. The molecule has 1 fully saturated rings. The minimum absolute atomic E-state index is 0.246. The van der Waals surface area contributed by atoms with E-state index >= 15 is 0 Å². The molecule has 6 nitrogen and oxygen atoms in total. The molecule has 154 valence electrons. The average Bonchev–Trinajstić information content (AvgIpc) is 3.12. The highest BCUT2D eigenvalue weighted by Crippen LogP contribution is 2.25. The molecule has 1 aromatic heterocycles. The van der Waals surface area contributed by atoms with E-state index in [1.54, 1.807) is 4.31 Å². The van der Waals surface area contributed by atoms with E-state index in [1.165, 1.54) is 5.56 Å². The Morgan fingerprint density at radius 1 is 0.931 bits per heavy atom. The van der Waals surface area contributed by atoms with Gasteiger partial charge in [-0.2, -0.15) is 4.31 Å². The van der Waals surface area contributed by atoms with Crippen LogP contribution in [0.25, 0.3) is 11.0 Å². The largest absolute Gasteiger partial charge is 0.340 e. The predicted octanol–water partition coefficient (Wildman–Crippen LogP) is 3.34. The van der Waals surface area contributed by atoms with Crippen LogP contribution in [0.5, 0.6) is 0 Å². The van der Waals surface area contributed by atoms with Gasteiger partial charge in [-0.3, -0.25) is 0 Å². The number of piperazine rings is 1. The Morgan fingerprint density at radius 2 is 1.62 bits per heavy atom. The first kappa shape index (κ1) is 19.9. The molecule has 29 heavy (non-hydrogen) atoms. The third-order valence-electron chi connectivity index (χ3n) is 5.49. The number of anilines is 1. The van der Waals surface area contributed by atoms with Gasteiger partial charge < -0.3 is 9.47 Å². The molecule has 0 N–H and O–H groups in total. The van der Waals surface area contributed by atoms with Crippen LogP contribution in [0.1, 0.15) is 25.3 Å². The summed E-state index contributed by atoms with van der Waals surface area (Å²) in [6, 6.07) is 18.5. The lowest BCUT2D eigenvalue weighted by Gasteiger charge is -2.34. The summed E-state index contributed by atoms with van der Waals surface area (Å²) in [7, 11) is -3.15. The van der Waals surface area contributed by atoms with Crippen LogP contribution in [0.4, 0.5) is 5.95 Å². The van der Waals surface area contributed by atoms with Crippen molar-refractivity contribution in [3.05, 3.63) is 60.2 Å². The van der Waals surface area contributed by atoms with E-state index in [2.05, 4.69) is 27.7 Å². The van der Waals surface area contributed by atoms with Crippen LogP contribution in [0.15, 0.2) is 54.6 Å². The summed E-state index contributed by atoms with van der Waals surface area (Å²) >= 11 is 0.